The topological polar surface area (TPSA) is 0 Å². The molecular formula is C18H22. The van der Waals surface area contributed by atoms with E-state index in [-0.39, 0.29) is 5.41 Å². The Hall–Kier alpha value is -1.56. The SMILES string of the molecule is CC(c1ccccc1-c1ccccc1)C(C)(C)C. The van der Waals surface area contributed by atoms with Gasteiger partial charge in [-0.05, 0) is 28.0 Å². The van der Waals surface area contributed by atoms with Crippen molar-refractivity contribution in [3.63, 3.8) is 0 Å². The summed E-state index contributed by atoms with van der Waals surface area (Å²) in [6.07, 6.45) is 0. The van der Waals surface area contributed by atoms with Crippen LogP contribution in [0.5, 0.6) is 0 Å². The van der Waals surface area contributed by atoms with Crippen molar-refractivity contribution < 1.29 is 0 Å². The summed E-state index contributed by atoms with van der Waals surface area (Å²) < 4.78 is 0. The van der Waals surface area contributed by atoms with E-state index in [1.54, 1.807) is 0 Å². The molecule has 0 spiro atoms. The van der Waals surface area contributed by atoms with Gasteiger partial charge >= 0.3 is 0 Å². The maximum atomic E-state index is 2.32. The number of benzene rings is 2. The average molecular weight is 238 g/mol. The predicted molar refractivity (Wildman–Crippen MR) is 79.7 cm³/mol. The third kappa shape index (κ3) is 2.64. The van der Waals surface area contributed by atoms with Gasteiger partial charge in [0.25, 0.3) is 0 Å². The number of hydrogen-bond donors (Lipinski definition) is 0. The van der Waals surface area contributed by atoms with E-state index in [4.69, 9.17) is 0 Å². The lowest BCUT2D eigenvalue weighted by Crippen LogP contribution is -2.16. The van der Waals surface area contributed by atoms with Gasteiger partial charge in [-0.25, -0.2) is 0 Å². The van der Waals surface area contributed by atoms with E-state index in [2.05, 4.69) is 82.3 Å². The molecule has 0 N–H and O–H groups in total. The van der Waals surface area contributed by atoms with Crippen molar-refractivity contribution in [3.05, 3.63) is 60.2 Å². The molecule has 0 heterocycles. The molecule has 0 fully saturated rings. The van der Waals surface area contributed by atoms with Crippen molar-refractivity contribution in [2.45, 2.75) is 33.6 Å². The van der Waals surface area contributed by atoms with Gasteiger partial charge in [0.05, 0.1) is 0 Å². The quantitative estimate of drug-likeness (QED) is 0.647. The number of hydrogen-bond acceptors (Lipinski definition) is 0. The molecule has 2 aromatic rings. The molecule has 2 rings (SSSR count). The molecule has 0 bridgehead atoms. The van der Waals surface area contributed by atoms with Crippen LogP contribution in [0.25, 0.3) is 11.1 Å². The van der Waals surface area contributed by atoms with Crippen LogP contribution in [0, 0.1) is 5.41 Å². The third-order valence-corrected chi connectivity index (χ3v) is 3.81. The molecule has 1 unspecified atom stereocenters. The minimum Gasteiger partial charge on any atom is -0.0622 e. The van der Waals surface area contributed by atoms with Gasteiger partial charge in [0.1, 0.15) is 0 Å². The van der Waals surface area contributed by atoms with Crippen LogP contribution < -0.4 is 0 Å². The minimum atomic E-state index is 0.283. The van der Waals surface area contributed by atoms with E-state index >= 15 is 0 Å². The van der Waals surface area contributed by atoms with E-state index in [0.717, 1.165) is 0 Å². The summed E-state index contributed by atoms with van der Waals surface area (Å²) >= 11 is 0. The maximum absolute atomic E-state index is 2.32. The molecule has 0 amide bonds. The minimum absolute atomic E-state index is 0.283. The second-order valence-electron chi connectivity index (χ2n) is 6.04. The van der Waals surface area contributed by atoms with Crippen LogP contribution >= 0.6 is 0 Å². The molecule has 0 aromatic heterocycles. The first-order valence-corrected chi connectivity index (χ1v) is 6.64. The highest BCUT2D eigenvalue weighted by molar-refractivity contribution is 5.68. The zero-order chi connectivity index (χ0) is 13.2. The molecule has 0 aliphatic rings. The first kappa shape index (κ1) is 12.9. The van der Waals surface area contributed by atoms with E-state index in [0.29, 0.717) is 5.92 Å². The Morgan fingerprint density at radius 2 is 1.33 bits per heavy atom. The predicted octanol–water partition coefficient (Wildman–Crippen LogP) is 5.50. The van der Waals surface area contributed by atoms with Crippen LogP contribution in [0.4, 0.5) is 0 Å². The lowest BCUT2D eigenvalue weighted by atomic mass is 9.75. The van der Waals surface area contributed by atoms with Crippen LogP contribution in [0.3, 0.4) is 0 Å². The Labute approximate surface area is 111 Å². The standard InChI is InChI=1S/C18H22/c1-14(18(2,3)4)16-12-8-9-13-17(16)15-10-6-5-7-11-15/h5-14H,1-4H3. The Balaban J connectivity index is 2.51. The molecule has 0 radical (unpaired) electrons. The monoisotopic (exact) mass is 238 g/mol. The van der Waals surface area contributed by atoms with Crippen LogP contribution in [0.1, 0.15) is 39.2 Å². The van der Waals surface area contributed by atoms with Crippen molar-refractivity contribution >= 4 is 0 Å². The summed E-state index contributed by atoms with van der Waals surface area (Å²) in [7, 11) is 0. The van der Waals surface area contributed by atoms with Crippen molar-refractivity contribution in [1.29, 1.82) is 0 Å². The molecule has 0 aliphatic carbocycles. The summed E-state index contributed by atoms with van der Waals surface area (Å²) in [4.78, 5) is 0. The van der Waals surface area contributed by atoms with Gasteiger partial charge in [-0.3, -0.25) is 0 Å². The van der Waals surface area contributed by atoms with Crippen molar-refractivity contribution in [3.8, 4) is 11.1 Å². The largest absolute Gasteiger partial charge is 0.0622 e. The lowest BCUT2D eigenvalue weighted by Gasteiger charge is -2.29. The summed E-state index contributed by atoms with van der Waals surface area (Å²) in [5.74, 6) is 0.536. The number of rotatable bonds is 2. The molecule has 0 saturated carbocycles. The summed E-state index contributed by atoms with van der Waals surface area (Å²) in [6.45, 7) is 9.24. The lowest BCUT2D eigenvalue weighted by molar-refractivity contribution is 0.340. The Bertz CT molecular complexity index is 503. The molecule has 0 aliphatic heterocycles. The fourth-order valence-corrected chi connectivity index (χ4v) is 2.22. The second kappa shape index (κ2) is 4.97. The highest BCUT2D eigenvalue weighted by Gasteiger charge is 2.23. The highest BCUT2D eigenvalue weighted by atomic mass is 14.3. The van der Waals surface area contributed by atoms with E-state index in [9.17, 15) is 0 Å². The van der Waals surface area contributed by atoms with E-state index in [1.165, 1.54) is 16.7 Å². The Morgan fingerprint density at radius 1 is 0.778 bits per heavy atom. The van der Waals surface area contributed by atoms with Crippen molar-refractivity contribution in [1.82, 2.24) is 0 Å². The Morgan fingerprint density at radius 3 is 1.94 bits per heavy atom. The van der Waals surface area contributed by atoms with Crippen molar-refractivity contribution in [2.24, 2.45) is 5.41 Å². The summed E-state index contributed by atoms with van der Waals surface area (Å²) in [6, 6.07) is 19.4. The zero-order valence-corrected chi connectivity index (χ0v) is 11.8. The van der Waals surface area contributed by atoms with Gasteiger partial charge in [-0.1, -0.05) is 82.3 Å². The van der Waals surface area contributed by atoms with Crippen LogP contribution in [-0.2, 0) is 0 Å². The van der Waals surface area contributed by atoms with Gasteiger partial charge in [-0.2, -0.15) is 0 Å². The van der Waals surface area contributed by atoms with Gasteiger partial charge < -0.3 is 0 Å². The highest BCUT2D eigenvalue weighted by Crippen LogP contribution is 2.39. The summed E-state index contributed by atoms with van der Waals surface area (Å²) in [5.41, 5.74) is 4.39. The molecule has 94 valence electrons. The van der Waals surface area contributed by atoms with Gasteiger partial charge in [-0.15, -0.1) is 0 Å². The first-order chi connectivity index (χ1) is 8.50. The molecule has 0 heteroatoms. The second-order valence-corrected chi connectivity index (χ2v) is 6.04. The third-order valence-electron chi connectivity index (χ3n) is 3.81. The van der Waals surface area contributed by atoms with Crippen LogP contribution in [0.15, 0.2) is 54.6 Å². The van der Waals surface area contributed by atoms with Crippen LogP contribution in [-0.4, -0.2) is 0 Å². The zero-order valence-electron chi connectivity index (χ0n) is 11.8. The van der Waals surface area contributed by atoms with Gasteiger partial charge in [0.15, 0.2) is 0 Å². The smallest absolute Gasteiger partial charge is 0.0135 e. The molecule has 18 heavy (non-hydrogen) atoms. The first-order valence-electron chi connectivity index (χ1n) is 6.64. The normalized spacial score (nSPS) is 13.3. The van der Waals surface area contributed by atoms with E-state index in [1.807, 2.05) is 0 Å². The molecule has 0 saturated heterocycles. The van der Waals surface area contributed by atoms with Gasteiger partial charge in [0, 0.05) is 0 Å². The molecular weight excluding hydrogens is 216 g/mol. The molecule has 1 atom stereocenters. The molecule has 2 aromatic carbocycles. The fraction of sp³-hybridized carbons (Fsp3) is 0.333. The van der Waals surface area contributed by atoms with E-state index < -0.39 is 0 Å². The van der Waals surface area contributed by atoms with Crippen molar-refractivity contribution in [2.75, 3.05) is 0 Å². The Kier molecular flexibility index (Phi) is 3.56. The maximum Gasteiger partial charge on any atom is -0.0135 e. The average Bonchev–Trinajstić information content (AvgIpc) is 2.38. The fourth-order valence-electron chi connectivity index (χ4n) is 2.22. The van der Waals surface area contributed by atoms with Crippen LogP contribution in [0.2, 0.25) is 0 Å². The summed E-state index contributed by atoms with van der Waals surface area (Å²) in [5, 5.41) is 0. The van der Waals surface area contributed by atoms with Gasteiger partial charge in [0.2, 0.25) is 0 Å². The molecule has 0 nitrogen and oxygen atoms in total.